The van der Waals surface area contributed by atoms with Crippen molar-refractivity contribution in [3.8, 4) is 0 Å². The van der Waals surface area contributed by atoms with Gasteiger partial charge >= 0.3 is 0 Å². The van der Waals surface area contributed by atoms with Crippen molar-refractivity contribution in [2.45, 2.75) is 32.2 Å². The molecule has 3 aromatic rings. The van der Waals surface area contributed by atoms with Gasteiger partial charge in [-0.05, 0) is 48.8 Å². The molecule has 142 valence electrons. The number of hydrogen-bond donors (Lipinski definition) is 0. The quantitative estimate of drug-likeness (QED) is 0.704. The van der Waals surface area contributed by atoms with Gasteiger partial charge in [-0.1, -0.05) is 42.5 Å². The Balaban J connectivity index is 1.34. The molecule has 2 aromatic carbocycles. The molecule has 0 atom stereocenters. The van der Waals surface area contributed by atoms with Gasteiger partial charge < -0.3 is 9.47 Å². The zero-order valence-corrected chi connectivity index (χ0v) is 15.9. The number of amides is 1. The van der Waals surface area contributed by atoms with Gasteiger partial charge in [0.25, 0.3) is 5.91 Å². The Morgan fingerprint density at radius 2 is 1.75 bits per heavy atom. The van der Waals surface area contributed by atoms with Gasteiger partial charge in [-0.3, -0.25) is 9.59 Å². The molecular weight excluding hydrogens is 348 g/mol. The summed E-state index contributed by atoms with van der Waals surface area (Å²) in [5, 5.41) is 0.680. The van der Waals surface area contributed by atoms with Crippen molar-refractivity contribution in [3.63, 3.8) is 0 Å². The Kier molecular flexibility index (Phi) is 4.27. The van der Waals surface area contributed by atoms with Gasteiger partial charge in [0.2, 0.25) is 5.43 Å². The second kappa shape index (κ2) is 6.93. The highest BCUT2D eigenvalue weighted by Crippen LogP contribution is 2.26. The molecule has 0 unspecified atom stereocenters. The van der Waals surface area contributed by atoms with Gasteiger partial charge in [-0.25, -0.2) is 0 Å². The van der Waals surface area contributed by atoms with Gasteiger partial charge in [0, 0.05) is 31.2 Å². The van der Waals surface area contributed by atoms with Crippen LogP contribution in [0, 0.1) is 5.92 Å². The molecule has 1 amide bonds. The molecule has 1 aromatic heterocycles. The standard InChI is InChI=1S/C24H24N2O2/c27-23-20-8-4-7-19-11-14-26(22(19)20)16-21(23)24(28)25-12-9-18(10-13-25)15-17-5-2-1-3-6-17/h1-8,16,18H,9-15H2. The fourth-order valence-electron chi connectivity index (χ4n) is 4.77. The largest absolute Gasteiger partial charge is 0.346 e. The number of para-hydroxylation sites is 1. The Morgan fingerprint density at radius 1 is 0.964 bits per heavy atom. The number of carbonyl (C=O) groups excluding carboxylic acids is 1. The monoisotopic (exact) mass is 372 g/mol. The van der Waals surface area contributed by atoms with Crippen LogP contribution in [-0.2, 0) is 19.4 Å². The van der Waals surface area contributed by atoms with Crippen LogP contribution in [0.15, 0.2) is 59.5 Å². The lowest BCUT2D eigenvalue weighted by molar-refractivity contribution is 0.0688. The van der Waals surface area contributed by atoms with E-state index in [0.717, 1.165) is 50.8 Å². The summed E-state index contributed by atoms with van der Waals surface area (Å²) in [6.07, 6.45) is 5.77. The summed E-state index contributed by atoms with van der Waals surface area (Å²) in [4.78, 5) is 28.0. The van der Waals surface area contributed by atoms with Crippen LogP contribution in [0.2, 0.25) is 0 Å². The lowest BCUT2D eigenvalue weighted by Crippen LogP contribution is -2.41. The van der Waals surface area contributed by atoms with Crippen molar-refractivity contribution in [2.75, 3.05) is 13.1 Å². The molecule has 0 N–H and O–H groups in total. The zero-order valence-electron chi connectivity index (χ0n) is 15.9. The van der Waals surface area contributed by atoms with Crippen molar-refractivity contribution >= 4 is 16.8 Å². The Labute approximate surface area is 164 Å². The molecule has 4 heteroatoms. The molecule has 0 aliphatic carbocycles. The highest BCUT2D eigenvalue weighted by Gasteiger charge is 2.27. The maximum absolute atomic E-state index is 13.1. The fourth-order valence-corrected chi connectivity index (χ4v) is 4.77. The van der Waals surface area contributed by atoms with Crippen LogP contribution in [0.5, 0.6) is 0 Å². The highest BCUT2D eigenvalue weighted by atomic mass is 16.2. The van der Waals surface area contributed by atoms with Crippen molar-refractivity contribution in [3.05, 3.63) is 81.6 Å². The first kappa shape index (κ1) is 17.2. The molecule has 5 rings (SSSR count). The van der Waals surface area contributed by atoms with Crippen molar-refractivity contribution < 1.29 is 4.79 Å². The van der Waals surface area contributed by atoms with Gasteiger partial charge in [-0.2, -0.15) is 0 Å². The topological polar surface area (TPSA) is 42.3 Å². The third-order valence-electron chi connectivity index (χ3n) is 6.30. The third-order valence-corrected chi connectivity index (χ3v) is 6.30. The van der Waals surface area contributed by atoms with Crippen LogP contribution in [0.25, 0.3) is 10.9 Å². The first-order valence-electron chi connectivity index (χ1n) is 10.2. The summed E-state index contributed by atoms with van der Waals surface area (Å²) in [5.41, 5.74) is 3.78. The average molecular weight is 372 g/mol. The van der Waals surface area contributed by atoms with E-state index < -0.39 is 0 Å². The maximum Gasteiger partial charge on any atom is 0.259 e. The van der Waals surface area contributed by atoms with E-state index in [1.165, 1.54) is 11.1 Å². The first-order valence-corrected chi connectivity index (χ1v) is 10.2. The van der Waals surface area contributed by atoms with Gasteiger partial charge in [0.15, 0.2) is 0 Å². The maximum atomic E-state index is 13.1. The van der Waals surface area contributed by atoms with E-state index in [0.29, 0.717) is 16.9 Å². The van der Waals surface area contributed by atoms with Crippen LogP contribution in [0.3, 0.4) is 0 Å². The predicted molar refractivity (Wildman–Crippen MR) is 111 cm³/mol. The molecule has 3 heterocycles. The Bertz CT molecular complexity index is 1090. The first-order chi connectivity index (χ1) is 13.7. The van der Waals surface area contributed by atoms with E-state index in [9.17, 15) is 9.59 Å². The van der Waals surface area contributed by atoms with Gasteiger partial charge in [0.05, 0.1) is 5.52 Å². The molecule has 2 aliphatic heterocycles. The number of likely N-dealkylation sites (tertiary alicyclic amines) is 1. The van der Waals surface area contributed by atoms with E-state index in [1.807, 2.05) is 23.1 Å². The lowest BCUT2D eigenvalue weighted by Gasteiger charge is -2.32. The Morgan fingerprint density at radius 3 is 2.54 bits per heavy atom. The van der Waals surface area contributed by atoms with Crippen molar-refractivity contribution in [2.24, 2.45) is 5.92 Å². The second-order valence-corrected chi connectivity index (χ2v) is 8.05. The minimum Gasteiger partial charge on any atom is -0.346 e. The van der Waals surface area contributed by atoms with Crippen LogP contribution in [-0.4, -0.2) is 28.5 Å². The Hall–Kier alpha value is -2.88. The number of nitrogens with zero attached hydrogens (tertiary/aromatic N) is 2. The van der Waals surface area contributed by atoms with Gasteiger partial charge in [0.1, 0.15) is 5.56 Å². The molecule has 0 radical (unpaired) electrons. The van der Waals surface area contributed by atoms with Crippen molar-refractivity contribution in [1.29, 1.82) is 0 Å². The van der Waals surface area contributed by atoms with E-state index in [4.69, 9.17) is 0 Å². The molecule has 1 fully saturated rings. The highest BCUT2D eigenvalue weighted by molar-refractivity contribution is 5.98. The normalized spacial score (nSPS) is 16.6. The number of rotatable bonds is 3. The van der Waals surface area contributed by atoms with Crippen LogP contribution in [0.1, 0.15) is 34.3 Å². The minimum absolute atomic E-state index is 0.105. The summed E-state index contributed by atoms with van der Waals surface area (Å²) >= 11 is 0. The second-order valence-electron chi connectivity index (χ2n) is 8.05. The average Bonchev–Trinajstić information content (AvgIpc) is 3.15. The summed E-state index contributed by atoms with van der Waals surface area (Å²) in [6.45, 7) is 2.30. The van der Waals surface area contributed by atoms with Crippen molar-refractivity contribution in [1.82, 2.24) is 9.47 Å². The smallest absolute Gasteiger partial charge is 0.259 e. The summed E-state index contributed by atoms with van der Waals surface area (Å²) in [7, 11) is 0. The minimum atomic E-state index is -0.119. The van der Waals surface area contributed by atoms with E-state index >= 15 is 0 Å². The predicted octanol–water partition coefficient (Wildman–Crippen LogP) is 3.65. The number of aryl methyl sites for hydroxylation is 2. The number of hydrogen-bond acceptors (Lipinski definition) is 2. The summed E-state index contributed by atoms with van der Waals surface area (Å²) < 4.78 is 2.08. The van der Waals surface area contributed by atoms with Crippen LogP contribution in [0.4, 0.5) is 0 Å². The molecule has 0 spiro atoms. The molecular formula is C24H24N2O2. The molecule has 1 saturated heterocycles. The van der Waals surface area contributed by atoms with Crippen LogP contribution >= 0.6 is 0 Å². The van der Waals surface area contributed by atoms with E-state index in [2.05, 4.69) is 34.9 Å². The number of benzene rings is 2. The van der Waals surface area contributed by atoms with Gasteiger partial charge in [-0.15, -0.1) is 0 Å². The molecule has 0 saturated carbocycles. The number of carbonyl (C=O) groups is 1. The molecule has 2 aliphatic rings. The SMILES string of the molecule is O=C(c1cn2c3c(cccc3c1=O)CC2)N1CCC(Cc2ccccc2)CC1. The van der Waals surface area contributed by atoms with E-state index in [-0.39, 0.29) is 11.3 Å². The third kappa shape index (κ3) is 2.93. The number of pyridine rings is 1. The molecule has 4 nitrogen and oxygen atoms in total. The van der Waals surface area contributed by atoms with E-state index in [1.54, 1.807) is 6.20 Å². The number of aromatic nitrogens is 1. The zero-order chi connectivity index (χ0) is 19.1. The summed E-state index contributed by atoms with van der Waals surface area (Å²) in [5.74, 6) is 0.496. The summed E-state index contributed by atoms with van der Waals surface area (Å²) in [6, 6.07) is 16.4. The number of piperidine rings is 1. The molecule has 28 heavy (non-hydrogen) atoms. The lowest BCUT2D eigenvalue weighted by atomic mass is 9.90. The van der Waals surface area contributed by atoms with Crippen LogP contribution < -0.4 is 5.43 Å². The molecule has 0 bridgehead atoms. The fraction of sp³-hybridized carbons (Fsp3) is 0.333.